The van der Waals surface area contributed by atoms with Crippen LogP contribution in [0.25, 0.3) is 0 Å². The van der Waals surface area contributed by atoms with Gasteiger partial charge in [-0.1, -0.05) is 54.9 Å². The standard InChI is InChI=1S/C14H29NO/c1-8-12(6)9-15-13(16)14(7,10(2)3)11(4)5/h10-12H,8-9H2,1-7H3,(H,15,16). The molecule has 0 aliphatic carbocycles. The number of carbonyl (C=O) groups excluding carboxylic acids is 1. The fourth-order valence-electron chi connectivity index (χ4n) is 1.79. The van der Waals surface area contributed by atoms with Crippen LogP contribution >= 0.6 is 0 Å². The molecule has 0 bridgehead atoms. The molecule has 0 aromatic carbocycles. The van der Waals surface area contributed by atoms with Gasteiger partial charge in [-0.15, -0.1) is 0 Å². The van der Waals surface area contributed by atoms with Crippen molar-refractivity contribution in [3.05, 3.63) is 0 Å². The van der Waals surface area contributed by atoms with Gasteiger partial charge >= 0.3 is 0 Å². The van der Waals surface area contributed by atoms with Crippen LogP contribution in [0.4, 0.5) is 0 Å². The van der Waals surface area contributed by atoms with E-state index >= 15 is 0 Å². The SMILES string of the molecule is CCC(C)CNC(=O)C(C)(C(C)C)C(C)C. The summed E-state index contributed by atoms with van der Waals surface area (Å²) in [7, 11) is 0. The molecule has 2 nitrogen and oxygen atoms in total. The summed E-state index contributed by atoms with van der Waals surface area (Å²) in [5.41, 5.74) is -0.256. The third-order valence-electron chi connectivity index (χ3n) is 4.20. The van der Waals surface area contributed by atoms with Crippen LogP contribution in [0.3, 0.4) is 0 Å². The molecule has 0 spiro atoms. The first-order chi connectivity index (χ1) is 7.26. The Bertz CT molecular complexity index is 213. The van der Waals surface area contributed by atoms with Gasteiger partial charge in [0.15, 0.2) is 0 Å². The molecule has 0 aromatic rings. The number of hydrogen-bond acceptors (Lipinski definition) is 1. The minimum atomic E-state index is -0.256. The van der Waals surface area contributed by atoms with Gasteiger partial charge in [0.1, 0.15) is 0 Å². The van der Waals surface area contributed by atoms with Crippen LogP contribution in [0.2, 0.25) is 0 Å². The smallest absolute Gasteiger partial charge is 0.226 e. The highest BCUT2D eigenvalue weighted by Crippen LogP contribution is 2.35. The van der Waals surface area contributed by atoms with E-state index in [0.717, 1.165) is 13.0 Å². The van der Waals surface area contributed by atoms with Crippen LogP contribution < -0.4 is 5.32 Å². The van der Waals surface area contributed by atoms with E-state index in [4.69, 9.17) is 0 Å². The molecule has 0 rings (SSSR count). The number of nitrogens with one attached hydrogen (secondary N) is 1. The first kappa shape index (κ1) is 15.5. The molecule has 0 radical (unpaired) electrons. The van der Waals surface area contributed by atoms with E-state index in [1.54, 1.807) is 0 Å². The Morgan fingerprint density at radius 2 is 1.56 bits per heavy atom. The minimum absolute atomic E-state index is 0.206. The molecular weight excluding hydrogens is 198 g/mol. The normalized spacial score (nSPS) is 14.3. The molecule has 16 heavy (non-hydrogen) atoms. The highest BCUT2D eigenvalue weighted by Gasteiger charge is 2.39. The second kappa shape index (κ2) is 6.27. The summed E-state index contributed by atoms with van der Waals surface area (Å²) in [5.74, 6) is 1.50. The molecule has 0 saturated heterocycles. The lowest BCUT2D eigenvalue weighted by molar-refractivity contribution is -0.135. The zero-order chi connectivity index (χ0) is 12.9. The van der Waals surface area contributed by atoms with Gasteiger partial charge in [-0.25, -0.2) is 0 Å². The largest absolute Gasteiger partial charge is 0.355 e. The second-order valence-electron chi connectivity index (χ2n) is 5.82. The lowest BCUT2D eigenvalue weighted by Gasteiger charge is -2.36. The molecule has 0 aliphatic heterocycles. The summed E-state index contributed by atoms with van der Waals surface area (Å²) >= 11 is 0. The van der Waals surface area contributed by atoms with Crippen molar-refractivity contribution in [2.75, 3.05) is 6.54 Å². The third-order valence-corrected chi connectivity index (χ3v) is 4.20. The van der Waals surface area contributed by atoms with Crippen molar-refractivity contribution in [1.82, 2.24) is 5.32 Å². The Balaban J connectivity index is 4.53. The van der Waals surface area contributed by atoms with Crippen molar-refractivity contribution < 1.29 is 4.79 Å². The van der Waals surface area contributed by atoms with Crippen LogP contribution in [-0.4, -0.2) is 12.5 Å². The molecule has 1 amide bonds. The van der Waals surface area contributed by atoms with Crippen molar-refractivity contribution in [1.29, 1.82) is 0 Å². The molecule has 0 heterocycles. The van der Waals surface area contributed by atoms with Crippen LogP contribution in [0.15, 0.2) is 0 Å². The van der Waals surface area contributed by atoms with E-state index in [2.05, 4.69) is 53.8 Å². The second-order valence-corrected chi connectivity index (χ2v) is 5.82. The van der Waals surface area contributed by atoms with E-state index in [1.807, 2.05) is 0 Å². The number of rotatable bonds is 6. The topological polar surface area (TPSA) is 29.1 Å². The van der Waals surface area contributed by atoms with Crippen LogP contribution in [0.5, 0.6) is 0 Å². The lowest BCUT2D eigenvalue weighted by Crippen LogP contribution is -2.46. The molecule has 0 fully saturated rings. The Labute approximate surface area is 101 Å². The lowest BCUT2D eigenvalue weighted by atomic mass is 9.70. The summed E-state index contributed by atoms with van der Waals surface area (Å²) < 4.78 is 0. The molecule has 0 saturated carbocycles. The Morgan fingerprint density at radius 1 is 1.12 bits per heavy atom. The predicted octanol–water partition coefficient (Wildman–Crippen LogP) is 3.47. The summed E-state index contributed by atoms with van der Waals surface area (Å²) in [6.07, 6.45) is 1.11. The van der Waals surface area contributed by atoms with E-state index in [-0.39, 0.29) is 11.3 Å². The fourth-order valence-corrected chi connectivity index (χ4v) is 1.79. The van der Waals surface area contributed by atoms with Crippen molar-refractivity contribution in [2.24, 2.45) is 23.2 Å². The van der Waals surface area contributed by atoms with Gasteiger partial charge in [0.25, 0.3) is 0 Å². The van der Waals surface area contributed by atoms with E-state index in [9.17, 15) is 4.79 Å². The first-order valence-electron chi connectivity index (χ1n) is 6.55. The number of carbonyl (C=O) groups is 1. The summed E-state index contributed by atoms with van der Waals surface area (Å²) in [6, 6.07) is 0. The zero-order valence-electron chi connectivity index (χ0n) is 12.1. The van der Waals surface area contributed by atoms with E-state index in [1.165, 1.54) is 0 Å². The van der Waals surface area contributed by atoms with Crippen LogP contribution in [-0.2, 0) is 4.79 Å². The Morgan fingerprint density at radius 3 is 1.88 bits per heavy atom. The molecule has 1 N–H and O–H groups in total. The van der Waals surface area contributed by atoms with Crippen molar-refractivity contribution >= 4 is 5.91 Å². The van der Waals surface area contributed by atoms with Gasteiger partial charge in [-0.2, -0.15) is 0 Å². The molecule has 0 aromatic heterocycles. The van der Waals surface area contributed by atoms with Crippen molar-refractivity contribution in [3.8, 4) is 0 Å². The maximum Gasteiger partial charge on any atom is 0.226 e. The molecular formula is C14H29NO. The van der Waals surface area contributed by atoms with E-state index < -0.39 is 0 Å². The average Bonchev–Trinajstić information content (AvgIpc) is 2.23. The predicted molar refractivity (Wildman–Crippen MR) is 70.2 cm³/mol. The maximum absolute atomic E-state index is 12.3. The number of hydrogen-bond donors (Lipinski definition) is 1. The summed E-state index contributed by atoms with van der Waals surface area (Å²) in [4.78, 5) is 12.3. The molecule has 0 aliphatic rings. The average molecular weight is 227 g/mol. The van der Waals surface area contributed by atoms with Gasteiger partial charge in [-0.05, 0) is 17.8 Å². The molecule has 1 unspecified atom stereocenters. The maximum atomic E-state index is 12.3. The molecule has 96 valence electrons. The molecule has 2 heteroatoms. The quantitative estimate of drug-likeness (QED) is 0.739. The summed E-state index contributed by atoms with van der Waals surface area (Å²) in [6.45, 7) is 15.7. The van der Waals surface area contributed by atoms with Crippen molar-refractivity contribution in [3.63, 3.8) is 0 Å². The summed E-state index contributed by atoms with van der Waals surface area (Å²) in [5, 5.41) is 3.10. The number of amides is 1. The van der Waals surface area contributed by atoms with Crippen LogP contribution in [0, 0.1) is 23.2 Å². The Kier molecular flexibility index (Phi) is 6.06. The van der Waals surface area contributed by atoms with Gasteiger partial charge in [0, 0.05) is 6.54 Å². The van der Waals surface area contributed by atoms with Gasteiger partial charge in [0.05, 0.1) is 5.41 Å². The van der Waals surface area contributed by atoms with Crippen LogP contribution in [0.1, 0.15) is 54.9 Å². The minimum Gasteiger partial charge on any atom is -0.355 e. The van der Waals surface area contributed by atoms with Crippen molar-refractivity contribution in [2.45, 2.75) is 54.9 Å². The van der Waals surface area contributed by atoms with Gasteiger partial charge in [0.2, 0.25) is 5.91 Å². The fraction of sp³-hybridized carbons (Fsp3) is 0.929. The zero-order valence-corrected chi connectivity index (χ0v) is 12.1. The Hall–Kier alpha value is -0.530. The molecule has 1 atom stereocenters. The monoisotopic (exact) mass is 227 g/mol. The van der Waals surface area contributed by atoms with Gasteiger partial charge < -0.3 is 5.32 Å². The first-order valence-corrected chi connectivity index (χ1v) is 6.55. The third kappa shape index (κ3) is 3.50. The highest BCUT2D eigenvalue weighted by molar-refractivity contribution is 5.82. The van der Waals surface area contributed by atoms with Gasteiger partial charge in [-0.3, -0.25) is 4.79 Å². The highest BCUT2D eigenvalue weighted by atomic mass is 16.2. The van der Waals surface area contributed by atoms with E-state index in [0.29, 0.717) is 17.8 Å².